The third-order valence-corrected chi connectivity index (χ3v) is 5.12. The number of aliphatic hydroxyl groups excluding tert-OH is 1. The lowest BCUT2D eigenvalue weighted by Crippen LogP contribution is -2.33. The lowest BCUT2D eigenvalue weighted by Gasteiger charge is -2.45. The second kappa shape index (κ2) is 3.91. The van der Waals surface area contributed by atoms with Crippen LogP contribution in [0.15, 0.2) is 34.3 Å². The van der Waals surface area contributed by atoms with Crippen molar-refractivity contribution in [2.24, 2.45) is 10.8 Å². The zero-order valence-corrected chi connectivity index (χ0v) is 12.5. The van der Waals surface area contributed by atoms with Crippen LogP contribution in [0.4, 0.5) is 0 Å². The monoisotopic (exact) mass is 260 g/mol. The van der Waals surface area contributed by atoms with Crippen LogP contribution >= 0.6 is 0 Å². The summed E-state index contributed by atoms with van der Waals surface area (Å²) in [5.74, 6) is 1.44. The van der Waals surface area contributed by atoms with Crippen molar-refractivity contribution in [2.75, 3.05) is 6.61 Å². The molecule has 0 fully saturated rings. The minimum atomic E-state index is 0.222. The minimum Gasteiger partial charge on any atom is -0.512 e. The van der Waals surface area contributed by atoms with Gasteiger partial charge in [0.05, 0.1) is 6.61 Å². The normalized spacial score (nSPS) is 28.3. The van der Waals surface area contributed by atoms with Gasteiger partial charge >= 0.3 is 0 Å². The molecule has 0 aromatic carbocycles. The summed E-state index contributed by atoms with van der Waals surface area (Å²) in [5, 5.41) is 10.1. The Bertz CT molecular complexity index is 515. The fraction of sp³-hybridized carbons (Fsp3) is 0.647. The molecule has 104 valence electrons. The Hall–Kier alpha value is -1.18. The molecule has 3 aliphatic rings. The Kier molecular flexibility index (Phi) is 2.64. The van der Waals surface area contributed by atoms with Crippen LogP contribution in [0.3, 0.4) is 0 Å². The lowest BCUT2D eigenvalue weighted by atomic mass is 9.60. The largest absolute Gasteiger partial charge is 0.512 e. The molecule has 0 unspecified atom stereocenters. The van der Waals surface area contributed by atoms with E-state index in [2.05, 4.69) is 33.8 Å². The third kappa shape index (κ3) is 1.92. The first kappa shape index (κ1) is 12.8. The summed E-state index contributed by atoms with van der Waals surface area (Å²) in [6.07, 6.45) is 6.15. The zero-order valence-electron chi connectivity index (χ0n) is 12.5. The van der Waals surface area contributed by atoms with E-state index in [-0.39, 0.29) is 10.8 Å². The Morgan fingerprint density at radius 2 is 1.79 bits per heavy atom. The molecule has 19 heavy (non-hydrogen) atoms. The summed E-state index contributed by atoms with van der Waals surface area (Å²) in [6.45, 7) is 9.92. The second-order valence-electron chi connectivity index (χ2n) is 7.37. The van der Waals surface area contributed by atoms with Crippen molar-refractivity contribution in [1.29, 1.82) is 0 Å². The van der Waals surface area contributed by atoms with E-state index in [0.29, 0.717) is 18.8 Å². The molecular weight excluding hydrogens is 236 g/mol. The smallest absolute Gasteiger partial charge is 0.126 e. The quantitative estimate of drug-likeness (QED) is 0.687. The average Bonchev–Trinajstić information content (AvgIpc) is 2.35. The van der Waals surface area contributed by atoms with E-state index in [4.69, 9.17) is 4.74 Å². The molecule has 0 spiro atoms. The number of ether oxygens (including phenoxy) is 1. The Balaban J connectivity index is 2.16. The van der Waals surface area contributed by atoms with Crippen molar-refractivity contribution in [1.82, 2.24) is 0 Å². The van der Waals surface area contributed by atoms with E-state index < -0.39 is 0 Å². The van der Waals surface area contributed by atoms with Gasteiger partial charge < -0.3 is 9.84 Å². The van der Waals surface area contributed by atoms with Gasteiger partial charge in [-0.05, 0) is 35.3 Å². The number of hydrogen-bond acceptors (Lipinski definition) is 2. The fourth-order valence-electron chi connectivity index (χ4n) is 3.56. The maximum absolute atomic E-state index is 10.1. The lowest BCUT2D eigenvalue weighted by molar-refractivity contribution is 0.175. The number of rotatable bonds is 0. The molecule has 0 atom stereocenters. The van der Waals surface area contributed by atoms with E-state index in [0.717, 1.165) is 17.8 Å². The van der Waals surface area contributed by atoms with Crippen molar-refractivity contribution < 1.29 is 9.84 Å². The van der Waals surface area contributed by atoms with Crippen molar-refractivity contribution in [3.8, 4) is 0 Å². The van der Waals surface area contributed by atoms with Crippen LogP contribution in [0.2, 0.25) is 0 Å². The van der Waals surface area contributed by atoms with Gasteiger partial charge in [0.2, 0.25) is 0 Å². The molecule has 2 heteroatoms. The molecule has 3 rings (SSSR count). The van der Waals surface area contributed by atoms with Crippen LogP contribution in [0.5, 0.6) is 0 Å². The number of fused-ring (bicyclic) bond motifs is 1. The summed E-state index contributed by atoms with van der Waals surface area (Å²) in [7, 11) is 0. The van der Waals surface area contributed by atoms with Crippen LogP contribution in [-0.2, 0) is 4.74 Å². The van der Waals surface area contributed by atoms with Gasteiger partial charge in [-0.25, -0.2) is 0 Å². The maximum Gasteiger partial charge on any atom is 0.126 e. The molecule has 2 nitrogen and oxygen atoms in total. The van der Waals surface area contributed by atoms with Crippen molar-refractivity contribution >= 4 is 0 Å². The van der Waals surface area contributed by atoms with Gasteiger partial charge in [0.15, 0.2) is 0 Å². The van der Waals surface area contributed by atoms with E-state index in [9.17, 15) is 5.11 Å². The van der Waals surface area contributed by atoms with Gasteiger partial charge in [-0.1, -0.05) is 33.3 Å². The van der Waals surface area contributed by atoms with Crippen molar-refractivity contribution in [2.45, 2.75) is 53.4 Å². The van der Waals surface area contributed by atoms with Crippen LogP contribution in [0, 0.1) is 10.8 Å². The minimum absolute atomic E-state index is 0.222. The zero-order chi connectivity index (χ0) is 13.8. The molecule has 0 amide bonds. The highest BCUT2D eigenvalue weighted by molar-refractivity contribution is 5.51. The summed E-state index contributed by atoms with van der Waals surface area (Å²) in [5.41, 5.74) is 4.42. The van der Waals surface area contributed by atoms with E-state index in [1.807, 2.05) is 0 Å². The van der Waals surface area contributed by atoms with Crippen LogP contribution in [0.1, 0.15) is 53.4 Å². The third-order valence-electron chi connectivity index (χ3n) is 5.12. The number of hydrogen-bond donors (Lipinski definition) is 1. The van der Waals surface area contributed by atoms with Crippen LogP contribution in [-0.4, -0.2) is 11.7 Å². The molecule has 0 aromatic heterocycles. The molecule has 0 radical (unpaired) electrons. The van der Waals surface area contributed by atoms with Gasteiger partial charge in [0, 0.05) is 18.4 Å². The average molecular weight is 260 g/mol. The molecule has 0 aromatic rings. The first-order chi connectivity index (χ1) is 8.81. The summed E-state index contributed by atoms with van der Waals surface area (Å²) < 4.78 is 5.77. The molecule has 2 aliphatic carbocycles. The molecule has 0 saturated carbocycles. The predicted octanol–water partition coefficient (Wildman–Crippen LogP) is 4.65. The molecule has 0 bridgehead atoms. The van der Waals surface area contributed by atoms with Crippen molar-refractivity contribution in [3.63, 3.8) is 0 Å². The highest BCUT2D eigenvalue weighted by Gasteiger charge is 2.41. The standard InChI is InChI=1S/C17H24O2/c1-16(2)6-7-17(3,4)13-10-15-11(9-12(13)16)14(18)5-8-19-15/h10,18H,5-9H2,1-4H3. The highest BCUT2D eigenvalue weighted by atomic mass is 16.5. The van der Waals surface area contributed by atoms with E-state index in [1.54, 1.807) is 0 Å². The van der Waals surface area contributed by atoms with Gasteiger partial charge in [-0.3, -0.25) is 0 Å². The second-order valence-corrected chi connectivity index (χ2v) is 7.37. The predicted molar refractivity (Wildman–Crippen MR) is 76.7 cm³/mol. The van der Waals surface area contributed by atoms with Crippen LogP contribution < -0.4 is 0 Å². The first-order valence-corrected chi connectivity index (χ1v) is 7.31. The summed E-state index contributed by atoms with van der Waals surface area (Å²) in [4.78, 5) is 0. The molecule has 1 N–H and O–H groups in total. The number of allylic oxidation sites excluding steroid dienone is 4. The van der Waals surface area contributed by atoms with Gasteiger partial charge in [-0.2, -0.15) is 0 Å². The Morgan fingerprint density at radius 3 is 2.53 bits per heavy atom. The molecular formula is C17H24O2. The molecule has 0 saturated heterocycles. The van der Waals surface area contributed by atoms with Gasteiger partial charge in [0.25, 0.3) is 0 Å². The number of aliphatic hydroxyl groups is 1. The SMILES string of the molecule is CC1(C)CCC(C)(C)C2=C1C=C1OCCC(O)=C1C2. The van der Waals surface area contributed by atoms with Crippen molar-refractivity contribution in [3.05, 3.63) is 34.3 Å². The molecule has 1 heterocycles. The molecule has 1 aliphatic heterocycles. The topological polar surface area (TPSA) is 29.5 Å². The van der Waals surface area contributed by atoms with Crippen LogP contribution in [0.25, 0.3) is 0 Å². The Labute approximate surface area is 115 Å². The first-order valence-electron chi connectivity index (χ1n) is 7.31. The maximum atomic E-state index is 10.1. The van der Waals surface area contributed by atoms with E-state index >= 15 is 0 Å². The van der Waals surface area contributed by atoms with Gasteiger partial charge in [0.1, 0.15) is 11.5 Å². The van der Waals surface area contributed by atoms with Gasteiger partial charge in [-0.15, -0.1) is 0 Å². The Morgan fingerprint density at radius 1 is 1.11 bits per heavy atom. The fourth-order valence-corrected chi connectivity index (χ4v) is 3.56. The van der Waals surface area contributed by atoms with E-state index in [1.165, 1.54) is 24.0 Å². The summed E-state index contributed by atoms with van der Waals surface area (Å²) in [6, 6.07) is 0. The summed E-state index contributed by atoms with van der Waals surface area (Å²) >= 11 is 0. The highest BCUT2D eigenvalue weighted by Crippen LogP contribution is 2.54.